The molecule has 2 aromatic rings. The van der Waals surface area contributed by atoms with E-state index in [1.165, 1.54) is 32.6 Å². The molecule has 0 aliphatic carbocycles. The molecule has 122 valence electrons. The fourth-order valence-corrected chi connectivity index (χ4v) is 4.17. The Morgan fingerprint density at radius 1 is 0.565 bits per heavy atom. The van der Waals surface area contributed by atoms with Crippen LogP contribution in [0.2, 0.25) is 0 Å². The second-order valence-electron chi connectivity index (χ2n) is 8.80. The van der Waals surface area contributed by atoms with Crippen LogP contribution in [0.25, 0.3) is 0 Å². The van der Waals surface area contributed by atoms with Gasteiger partial charge in [0.25, 0.3) is 0 Å². The van der Waals surface area contributed by atoms with Crippen molar-refractivity contribution < 1.29 is 0 Å². The molecule has 0 saturated carbocycles. The van der Waals surface area contributed by atoms with Gasteiger partial charge in [-0.25, -0.2) is 0 Å². The molecule has 2 aromatic carbocycles. The highest BCUT2D eigenvalue weighted by Crippen LogP contribution is 2.27. The molecule has 0 nitrogen and oxygen atoms in total. The number of rotatable bonds is 2. The summed E-state index contributed by atoms with van der Waals surface area (Å²) in [5.74, 6) is 0. The third-order valence-corrected chi connectivity index (χ3v) is 5.33. The van der Waals surface area contributed by atoms with Crippen LogP contribution >= 0.6 is 0 Å². The third-order valence-electron chi connectivity index (χ3n) is 4.18. The highest BCUT2D eigenvalue weighted by atomic mass is 28.2. The predicted octanol–water partition coefficient (Wildman–Crippen LogP) is 4.55. The van der Waals surface area contributed by atoms with E-state index in [4.69, 9.17) is 0 Å². The van der Waals surface area contributed by atoms with Gasteiger partial charge in [0.2, 0.25) is 0 Å². The molecule has 0 N–H and O–H groups in total. The first-order valence-electron chi connectivity index (χ1n) is 8.46. The smallest absolute Gasteiger partial charge is 0.0601 e. The molecule has 2 rings (SSSR count). The van der Waals surface area contributed by atoms with Gasteiger partial charge >= 0.3 is 0 Å². The monoisotopic (exact) mass is 322 g/mol. The van der Waals surface area contributed by atoms with Gasteiger partial charge in [0.15, 0.2) is 0 Å². The molecule has 2 radical (unpaired) electrons. The van der Waals surface area contributed by atoms with Crippen molar-refractivity contribution in [2.45, 2.75) is 66.2 Å². The van der Waals surface area contributed by atoms with Gasteiger partial charge in [-0.2, -0.15) is 0 Å². The van der Waals surface area contributed by atoms with Gasteiger partial charge in [0, 0.05) is 0 Å². The molecule has 0 saturated heterocycles. The Hall–Kier alpha value is -1.34. The van der Waals surface area contributed by atoms with Gasteiger partial charge in [-0.15, -0.1) is 0 Å². The zero-order valence-electron chi connectivity index (χ0n) is 16.0. The second kappa shape index (κ2) is 6.28. The molecule has 0 aromatic heterocycles. The first-order chi connectivity index (χ1) is 10.4. The molecule has 0 fully saturated rings. The molecule has 0 bridgehead atoms. The van der Waals surface area contributed by atoms with E-state index in [0.29, 0.717) is 0 Å². The van der Waals surface area contributed by atoms with E-state index in [9.17, 15) is 0 Å². The van der Waals surface area contributed by atoms with Crippen LogP contribution in [-0.2, 0) is 10.8 Å². The van der Waals surface area contributed by atoms with E-state index in [0.717, 1.165) is 9.52 Å². The van der Waals surface area contributed by atoms with E-state index in [-0.39, 0.29) is 10.8 Å². The van der Waals surface area contributed by atoms with E-state index < -0.39 is 0 Å². The van der Waals surface area contributed by atoms with Crippen molar-refractivity contribution in [1.29, 1.82) is 0 Å². The van der Waals surface area contributed by atoms with Gasteiger partial charge in [0.05, 0.1) is 0 Å². The Bertz CT molecular complexity index is 644. The fraction of sp³-hybridized carbons (Fsp3) is 0.455. The molecule has 0 unspecified atom stereocenters. The van der Waals surface area contributed by atoms with E-state index in [2.05, 4.69) is 91.8 Å². The van der Waals surface area contributed by atoms with E-state index in [1.54, 1.807) is 0 Å². The van der Waals surface area contributed by atoms with Gasteiger partial charge in [-0.05, 0) is 35.8 Å². The summed E-state index contributed by atoms with van der Waals surface area (Å²) in [6, 6.07) is 14.1. The average molecular weight is 323 g/mol. The van der Waals surface area contributed by atoms with Crippen LogP contribution in [0.3, 0.4) is 0 Å². The van der Waals surface area contributed by atoms with Crippen LogP contribution < -0.4 is 10.4 Å². The zero-order valence-corrected chi connectivity index (χ0v) is 17.0. The molecule has 0 aliphatic rings. The minimum Gasteiger partial charge on any atom is -0.0601 e. The van der Waals surface area contributed by atoms with Crippen LogP contribution in [0.15, 0.2) is 36.4 Å². The maximum absolute atomic E-state index is 2.41. The molecule has 23 heavy (non-hydrogen) atoms. The summed E-state index contributed by atoms with van der Waals surface area (Å²) in [6.45, 7) is 18.2. The normalized spacial score (nSPS) is 12.5. The SMILES string of the molecule is Cc1cc(C)cc([Si]c2cc(C(C)(C)C)cc(C(C)(C)C)c2)c1. The van der Waals surface area contributed by atoms with Crippen LogP contribution in [0.4, 0.5) is 0 Å². The Morgan fingerprint density at radius 2 is 0.957 bits per heavy atom. The molecule has 0 amide bonds. The second-order valence-corrected chi connectivity index (χ2v) is 10.2. The van der Waals surface area contributed by atoms with Crippen molar-refractivity contribution in [1.82, 2.24) is 0 Å². The van der Waals surface area contributed by atoms with Crippen molar-refractivity contribution in [2.75, 3.05) is 0 Å². The molecule has 0 aliphatic heterocycles. The first kappa shape index (κ1) is 18.0. The molecule has 1 heteroatoms. The highest BCUT2D eigenvalue weighted by Gasteiger charge is 2.20. The summed E-state index contributed by atoms with van der Waals surface area (Å²) >= 11 is 0. The quantitative estimate of drug-likeness (QED) is 0.711. The first-order valence-corrected chi connectivity index (χ1v) is 9.46. The van der Waals surface area contributed by atoms with Crippen molar-refractivity contribution in [3.63, 3.8) is 0 Å². The largest absolute Gasteiger partial charge is 0.121 e. The van der Waals surface area contributed by atoms with Gasteiger partial charge in [-0.3, -0.25) is 0 Å². The van der Waals surface area contributed by atoms with Crippen LogP contribution in [0, 0.1) is 13.8 Å². The summed E-state index contributed by atoms with van der Waals surface area (Å²) in [6.07, 6.45) is 0. The van der Waals surface area contributed by atoms with Crippen molar-refractivity contribution >= 4 is 19.9 Å². The summed E-state index contributed by atoms with van der Waals surface area (Å²) in [7, 11) is 0.720. The van der Waals surface area contributed by atoms with Crippen LogP contribution in [0.1, 0.15) is 63.8 Å². The van der Waals surface area contributed by atoms with Gasteiger partial charge in [0.1, 0.15) is 9.52 Å². The summed E-state index contributed by atoms with van der Waals surface area (Å²) in [5.41, 5.74) is 5.96. The van der Waals surface area contributed by atoms with E-state index >= 15 is 0 Å². The molecular weight excluding hydrogens is 292 g/mol. The minimum atomic E-state index is 0.184. The number of benzene rings is 2. The maximum atomic E-state index is 2.41. The lowest BCUT2D eigenvalue weighted by Gasteiger charge is -2.26. The maximum Gasteiger partial charge on any atom is 0.121 e. The predicted molar refractivity (Wildman–Crippen MR) is 105 cm³/mol. The summed E-state index contributed by atoms with van der Waals surface area (Å²) in [4.78, 5) is 0. The van der Waals surface area contributed by atoms with Crippen molar-refractivity contribution in [2.24, 2.45) is 0 Å². The summed E-state index contributed by atoms with van der Waals surface area (Å²) < 4.78 is 0. The summed E-state index contributed by atoms with van der Waals surface area (Å²) in [5, 5.41) is 2.89. The van der Waals surface area contributed by atoms with E-state index in [1.807, 2.05) is 0 Å². The standard InChI is InChI=1S/C22H30Si/c1-15-9-16(2)11-19(10-15)23-20-13-17(21(3,4)5)12-18(14-20)22(6,7)8/h9-14H,1-8H3. The Kier molecular flexibility index (Phi) is 4.91. The van der Waals surface area contributed by atoms with Crippen molar-refractivity contribution in [3.8, 4) is 0 Å². The zero-order chi connectivity index (χ0) is 17.4. The molecular formula is C22H30Si. The number of hydrogen-bond acceptors (Lipinski definition) is 0. The van der Waals surface area contributed by atoms with Crippen LogP contribution in [0.5, 0.6) is 0 Å². The highest BCUT2D eigenvalue weighted by molar-refractivity contribution is 6.67. The number of aryl methyl sites for hydroxylation is 2. The van der Waals surface area contributed by atoms with Gasteiger partial charge < -0.3 is 0 Å². The van der Waals surface area contributed by atoms with Crippen molar-refractivity contribution in [3.05, 3.63) is 58.7 Å². The molecule has 0 atom stereocenters. The minimum absolute atomic E-state index is 0.184. The van der Waals surface area contributed by atoms with Crippen LogP contribution in [-0.4, -0.2) is 9.52 Å². The average Bonchev–Trinajstić information content (AvgIpc) is 2.34. The lowest BCUT2D eigenvalue weighted by molar-refractivity contribution is 0.569. The topological polar surface area (TPSA) is 0 Å². The Balaban J connectivity index is 2.49. The Morgan fingerprint density at radius 3 is 1.35 bits per heavy atom. The Labute approximate surface area is 145 Å². The lowest BCUT2D eigenvalue weighted by atomic mass is 9.81. The fourth-order valence-electron chi connectivity index (χ4n) is 2.78. The molecule has 0 heterocycles. The lowest BCUT2D eigenvalue weighted by Crippen LogP contribution is -2.31. The molecule has 0 spiro atoms. The van der Waals surface area contributed by atoms with Gasteiger partial charge in [-0.1, -0.05) is 99.4 Å². The number of hydrogen-bond donors (Lipinski definition) is 0. The third kappa shape index (κ3) is 4.81.